The van der Waals surface area contributed by atoms with Crippen LogP contribution >= 0.6 is 0 Å². The lowest BCUT2D eigenvalue weighted by Crippen LogP contribution is -2.60. The maximum atomic E-state index is 12.4. The summed E-state index contributed by atoms with van der Waals surface area (Å²) in [5.41, 5.74) is 0.698. The van der Waals surface area contributed by atoms with E-state index in [-0.39, 0.29) is 40.9 Å². The number of hydrogen-bond acceptors (Lipinski definition) is 6. The molecule has 0 bridgehead atoms. The molecule has 0 heterocycles. The molecule has 37 heavy (non-hydrogen) atoms. The molecular weight excluding hydrogens is 468 g/mol. The third-order valence-electron chi connectivity index (χ3n) is 10.5. The van der Waals surface area contributed by atoms with E-state index in [4.69, 9.17) is 9.47 Å². The molecule has 0 unspecified atom stereocenters. The first-order valence-electron chi connectivity index (χ1n) is 14.1. The molecule has 3 fully saturated rings. The van der Waals surface area contributed by atoms with Gasteiger partial charge in [0.2, 0.25) is 0 Å². The second-order valence-corrected chi connectivity index (χ2v) is 13.2. The van der Waals surface area contributed by atoms with Crippen molar-refractivity contribution in [1.29, 1.82) is 0 Å². The molecule has 6 nitrogen and oxygen atoms in total. The Morgan fingerprint density at radius 2 is 1.76 bits per heavy atom. The van der Waals surface area contributed by atoms with Gasteiger partial charge in [-0.1, -0.05) is 31.1 Å². The van der Waals surface area contributed by atoms with E-state index in [1.54, 1.807) is 0 Å². The summed E-state index contributed by atoms with van der Waals surface area (Å²) in [5.74, 6) is -0.0498. The molecule has 6 heteroatoms. The Bertz CT molecular complexity index is 1000. The van der Waals surface area contributed by atoms with Crippen LogP contribution in [0, 0.1) is 34.5 Å². The number of allylic oxidation sites excluding steroid dienone is 3. The third kappa shape index (κ3) is 4.95. The van der Waals surface area contributed by atoms with Crippen LogP contribution in [0.1, 0.15) is 99.8 Å². The fourth-order valence-corrected chi connectivity index (χ4v) is 9.08. The van der Waals surface area contributed by atoms with E-state index in [0.29, 0.717) is 31.6 Å². The molecule has 9 atom stereocenters. The molecule has 0 aliphatic heterocycles. The van der Waals surface area contributed by atoms with Crippen LogP contribution in [0.4, 0.5) is 0 Å². The molecule has 0 aromatic heterocycles. The molecule has 0 radical (unpaired) electrons. The van der Waals surface area contributed by atoms with Gasteiger partial charge >= 0.3 is 11.9 Å². The molecule has 0 spiro atoms. The summed E-state index contributed by atoms with van der Waals surface area (Å²) in [7, 11) is 0. The fraction of sp³-hybridized carbons (Fsp3) is 0.774. The molecule has 0 amide bonds. The van der Waals surface area contributed by atoms with Gasteiger partial charge < -0.3 is 14.6 Å². The maximum Gasteiger partial charge on any atom is 0.302 e. The predicted molar refractivity (Wildman–Crippen MR) is 141 cm³/mol. The second kappa shape index (κ2) is 9.98. The van der Waals surface area contributed by atoms with Gasteiger partial charge in [-0.05, 0) is 95.0 Å². The number of hydrogen-bond donors (Lipinski definition) is 1. The van der Waals surface area contributed by atoms with Crippen molar-refractivity contribution in [2.75, 3.05) is 0 Å². The van der Waals surface area contributed by atoms with Crippen molar-refractivity contribution in [3.63, 3.8) is 0 Å². The second-order valence-electron chi connectivity index (χ2n) is 13.2. The zero-order valence-electron chi connectivity index (χ0n) is 23.8. The average Bonchev–Trinajstić information content (AvgIpc) is 3.07. The first-order chi connectivity index (χ1) is 17.2. The van der Waals surface area contributed by atoms with Gasteiger partial charge in [0.1, 0.15) is 12.2 Å². The van der Waals surface area contributed by atoms with Gasteiger partial charge in [-0.25, -0.2) is 0 Å². The third-order valence-corrected chi connectivity index (χ3v) is 10.5. The summed E-state index contributed by atoms with van der Waals surface area (Å²) in [6, 6.07) is 0. The molecule has 3 saturated carbocycles. The molecule has 4 rings (SSSR count). The first kappa shape index (κ1) is 28.1. The summed E-state index contributed by atoms with van der Waals surface area (Å²) in [6.07, 6.45) is 9.04. The molecular formula is C31H46O6. The number of aliphatic hydroxyl groups is 1. The van der Waals surface area contributed by atoms with Crippen molar-refractivity contribution >= 4 is 17.7 Å². The van der Waals surface area contributed by atoms with E-state index in [2.05, 4.69) is 19.9 Å². The van der Waals surface area contributed by atoms with E-state index >= 15 is 0 Å². The summed E-state index contributed by atoms with van der Waals surface area (Å²) < 4.78 is 12.1. The summed E-state index contributed by atoms with van der Waals surface area (Å²) in [5, 5.41) is 12.0. The Labute approximate surface area is 222 Å². The van der Waals surface area contributed by atoms with Gasteiger partial charge in [0, 0.05) is 31.6 Å². The molecule has 4 aliphatic carbocycles. The topological polar surface area (TPSA) is 89.9 Å². The molecule has 0 aromatic carbocycles. The van der Waals surface area contributed by atoms with E-state index in [1.165, 1.54) is 25.0 Å². The van der Waals surface area contributed by atoms with Gasteiger partial charge in [0.15, 0.2) is 5.78 Å². The minimum Gasteiger partial charge on any atom is -0.462 e. The number of fused-ring (bicyclic) bond motifs is 5. The van der Waals surface area contributed by atoms with E-state index in [9.17, 15) is 19.5 Å². The van der Waals surface area contributed by atoms with Crippen LogP contribution in [0.25, 0.3) is 0 Å². The van der Waals surface area contributed by atoms with Crippen LogP contribution in [0.15, 0.2) is 23.3 Å². The Morgan fingerprint density at radius 3 is 2.38 bits per heavy atom. The van der Waals surface area contributed by atoms with Crippen molar-refractivity contribution in [3.05, 3.63) is 23.3 Å². The van der Waals surface area contributed by atoms with Gasteiger partial charge in [-0.3, -0.25) is 14.4 Å². The lowest BCUT2D eigenvalue weighted by Gasteiger charge is -2.60. The van der Waals surface area contributed by atoms with Crippen molar-refractivity contribution in [2.24, 2.45) is 34.5 Å². The Kier molecular flexibility index (Phi) is 7.57. The first-order valence-corrected chi connectivity index (χ1v) is 14.1. The van der Waals surface area contributed by atoms with Crippen LogP contribution in [-0.4, -0.2) is 40.6 Å². The molecule has 0 saturated heterocycles. The van der Waals surface area contributed by atoms with E-state index in [0.717, 1.165) is 25.7 Å². The lowest BCUT2D eigenvalue weighted by molar-refractivity contribution is -0.201. The van der Waals surface area contributed by atoms with E-state index in [1.807, 2.05) is 26.8 Å². The number of rotatable bonds is 6. The number of ketones is 1. The summed E-state index contributed by atoms with van der Waals surface area (Å²) in [6.45, 7) is 13.3. The highest BCUT2D eigenvalue weighted by atomic mass is 16.6. The zero-order chi connectivity index (χ0) is 27.3. The Morgan fingerprint density at radius 1 is 1.08 bits per heavy atom. The minimum atomic E-state index is -1.11. The van der Waals surface area contributed by atoms with Crippen molar-refractivity contribution in [1.82, 2.24) is 0 Å². The molecule has 4 aliphatic rings. The quantitative estimate of drug-likeness (QED) is 0.360. The van der Waals surface area contributed by atoms with Crippen molar-refractivity contribution in [2.45, 2.75) is 118 Å². The van der Waals surface area contributed by atoms with Gasteiger partial charge in [-0.15, -0.1) is 0 Å². The summed E-state index contributed by atoms with van der Waals surface area (Å²) in [4.78, 5) is 37.0. The number of carbonyl (C=O) groups excluding carboxylic acids is 3. The van der Waals surface area contributed by atoms with Crippen LogP contribution < -0.4 is 0 Å². The highest BCUT2D eigenvalue weighted by Crippen LogP contribution is 2.69. The zero-order valence-corrected chi connectivity index (χ0v) is 23.8. The largest absolute Gasteiger partial charge is 0.462 e. The smallest absolute Gasteiger partial charge is 0.302 e. The fourth-order valence-electron chi connectivity index (χ4n) is 9.08. The van der Waals surface area contributed by atoms with E-state index < -0.39 is 23.2 Å². The molecule has 1 N–H and O–H groups in total. The van der Waals surface area contributed by atoms with Gasteiger partial charge in [0.25, 0.3) is 0 Å². The van der Waals surface area contributed by atoms with Crippen molar-refractivity contribution in [3.8, 4) is 0 Å². The van der Waals surface area contributed by atoms with Gasteiger partial charge in [-0.2, -0.15) is 0 Å². The SMILES string of the molecule is CC(=O)O[C@H]1C[C@H]2[C@@H]3CCC4=CC(=O)CC[C@]4(C)[C@H]3C[C@@H](OC(C)=O)[C@]2(C)[C@H]1[C@@](C)(O)CCC=C(C)C. The lowest BCUT2D eigenvalue weighted by atomic mass is 9.45. The minimum absolute atomic E-state index is 0.0997. The van der Waals surface area contributed by atoms with Crippen LogP contribution in [0.2, 0.25) is 0 Å². The maximum absolute atomic E-state index is 12.4. The highest BCUT2D eigenvalue weighted by Gasteiger charge is 2.69. The van der Waals surface area contributed by atoms with Crippen LogP contribution in [-0.2, 0) is 23.9 Å². The van der Waals surface area contributed by atoms with Crippen LogP contribution in [0.5, 0.6) is 0 Å². The van der Waals surface area contributed by atoms with Crippen molar-refractivity contribution < 1.29 is 29.0 Å². The number of carbonyl (C=O) groups is 3. The standard InChI is InChI=1S/C31H46O6/c1-18(2)9-8-13-30(6,35)28-26(36-19(3)32)16-25-23-11-10-21-15-22(34)12-14-29(21,5)24(23)17-27(31(25,28)7)37-20(4)33/h9,15,23-28,35H,8,10-14,16-17H2,1-7H3/t23-,24+,25+,26+,27-,28-,29+,30+,31-/m1/s1. The average molecular weight is 515 g/mol. The monoisotopic (exact) mass is 514 g/mol. The Hall–Kier alpha value is -1.95. The summed E-state index contributed by atoms with van der Waals surface area (Å²) >= 11 is 0. The normalized spacial score (nSPS) is 40.3. The molecule has 206 valence electrons. The number of ether oxygens (including phenoxy) is 2. The Balaban J connectivity index is 1.79. The highest BCUT2D eigenvalue weighted by molar-refractivity contribution is 5.91. The predicted octanol–water partition coefficient (Wildman–Crippen LogP) is 5.72. The van der Waals surface area contributed by atoms with Crippen LogP contribution in [0.3, 0.4) is 0 Å². The van der Waals surface area contributed by atoms with Gasteiger partial charge in [0.05, 0.1) is 5.60 Å². The number of esters is 2. The molecule has 0 aromatic rings.